The molecule has 0 saturated heterocycles. The van der Waals surface area contributed by atoms with Crippen molar-refractivity contribution in [3.8, 4) is 0 Å². The van der Waals surface area contributed by atoms with Crippen molar-refractivity contribution in [1.29, 1.82) is 0 Å². The van der Waals surface area contributed by atoms with Crippen molar-refractivity contribution in [3.05, 3.63) is 0 Å². The summed E-state index contributed by atoms with van der Waals surface area (Å²) in [5.41, 5.74) is 0. The molecule has 0 aromatic carbocycles. The molecule has 0 amide bonds. The molecule has 0 aliphatic carbocycles. The molecule has 0 aromatic rings. The van der Waals surface area contributed by atoms with E-state index >= 15 is 0 Å². The van der Waals surface area contributed by atoms with Crippen molar-refractivity contribution in [2.24, 2.45) is 0 Å². The minimum absolute atomic E-state index is 0. The van der Waals surface area contributed by atoms with Crippen LogP contribution < -0.4 is 0 Å². The molecule has 68 valence electrons. The fourth-order valence-electron chi connectivity index (χ4n) is 0. The van der Waals surface area contributed by atoms with Crippen LogP contribution in [0.4, 0.5) is 0 Å². The van der Waals surface area contributed by atoms with Gasteiger partial charge in [-0.05, 0) is 0 Å². The maximum absolute atomic E-state index is 8.52. The molecule has 0 radical (unpaired) electrons. The molecule has 0 heterocycles. The zero-order valence-electron chi connectivity index (χ0n) is 4.58. The van der Waals surface area contributed by atoms with E-state index in [1.165, 1.54) is 0 Å². The molecule has 0 spiro atoms. The summed E-state index contributed by atoms with van der Waals surface area (Å²) in [7, 11) is -10.3. The summed E-state index contributed by atoms with van der Waals surface area (Å²) in [6.07, 6.45) is 0. The van der Waals surface area contributed by atoms with Crippen LogP contribution in [0, 0.1) is 0 Å². The van der Waals surface area contributed by atoms with Crippen molar-refractivity contribution in [1.82, 2.24) is 0 Å². The van der Waals surface area contributed by atoms with Gasteiger partial charge in [-0.1, -0.05) is 0 Å². The van der Waals surface area contributed by atoms with Gasteiger partial charge in [0.15, 0.2) is 0 Å². The minimum atomic E-state index is -5.17. The van der Waals surface area contributed by atoms with Crippen LogP contribution in [-0.4, -0.2) is 35.0 Å². The van der Waals surface area contributed by atoms with Crippen LogP contribution in [0.15, 0.2) is 0 Å². The molecule has 11 heteroatoms. The maximum atomic E-state index is 8.52. The fourth-order valence-corrected chi connectivity index (χ4v) is 0. The molecule has 8 nitrogen and oxygen atoms in total. The molecular formula is HfO8S2-4. The first-order valence-electron chi connectivity index (χ1n) is 1.33. The fraction of sp³-hybridized carbons (Fsp3) is 0. The van der Waals surface area contributed by atoms with Crippen LogP contribution in [0.1, 0.15) is 0 Å². The average Bonchev–Trinajstić information content (AvgIpc) is 1.12. The van der Waals surface area contributed by atoms with Gasteiger partial charge in [0, 0.05) is 46.6 Å². The van der Waals surface area contributed by atoms with Crippen LogP contribution in [0.2, 0.25) is 0 Å². The van der Waals surface area contributed by atoms with Gasteiger partial charge in [0.25, 0.3) is 0 Å². The smallest absolute Gasteiger partial charge is 0.0311 e. The van der Waals surface area contributed by atoms with Gasteiger partial charge in [-0.2, -0.15) is 0 Å². The topological polar surface area (TPSA) is 161 Å². The first kappa shape index (κ1) is 17.6. The molecule has 0 atom stereocenters. The number of hydrogen-bond donors (Lipinski definition) is 0. The van der Waals surface area contributed by atoms with Gasteiger partial charge in [0.2, 0.25) is 0 Å². The van der Waals surface area contributed by atoms with Crippen LogP contribution in [0.3, 0.4) is 0 Å². The molecule has 0 aliphatic rings. The van der Waals surface area contributed by atoms with Gasteiger partial charge in [-0.3, -0.25) is 16.8 Å². The van der Waals surface area contributed by atoms with Crippen molar-refractivity contribution in [2.45, 2.75) is 0 Å². The van der Waals surface area contributed by atoms with Gasteiger partial charge in [0.05, 0.1) is 0 Å². The largest absolute Gasteiger partial charge is 0.759 e. The summed E-state index contributed by atoms with van der Waals surface area (Å²) in [5.74, 6) is 0. The normalized spacial score (nSPS) is 10.5. The minimum Gasteiger partial charge on any atom is -0.759 e. The SMILES string of the molecule is O=S(=O)([O-])[O-].O=S(=O)([O-])[O-].[Hf]. The van der Waals surface area contributed by atoms with E-state index < -0.39 is 20.8 Å². The van der Waals surface area contributed by atoms with E-state index in [0.717, 1.165) is 0 Å². The maximum Gasteiger partial charge on any atom is 0.0311 e. The van der Waals surface area contributed by atoms with E-state index in [-0.39, 0.29) is 25.8 Å². The summed E-state index contributed by atoms with van der Waals surface area (Å²) in [6, 6.07) is 0. The predicted molar refractivity (Wildman–Crippen MR) is 20.9 cm³/mol. The molecule has 0 aromatic heterocycles. The Morgan fingerprint density at radius 2 is 0.636 bits per heavy atom. The van der Waals surface area contributed by atoms with Gasteiger partial charge in [-0.25, -0.2) is 0 Å². The Morgan fingerprint density at radius 1 is 0.636 bits per heavy atom. The van der Waals surface area contributed by atoms with Crippen molar-refractivity contribution in [2.75, 3.05) is 0 Å². The van der Waals surface area contributed by atoms with E-state index in [2.05, 4.69) is 0 Å². The Bertz CT molecular complexity index is 208. The van der Waals surface area contributed by atoms with Crippen molar-refractivity contribution in [3.63, 3.8) is 0 Å². The molecule has 0 saturated carbocycles. The van der Waals surface area contributed by atoms with E-state index in [9.17, 15) is 0 Å². The molecule has 0 N–H and O–H groups in total. The summed E-state index contributed by atoms with van der Waals surface area (Å²) >= 11 is 0. The van der Waals surface area contributed by atoms with Gasteiger partial charge < -0.3 is 18.2 Å². The van der Waals surface area contributed by atoms with E-state index in [1.807, 2.05) is 0 Å². The average molecular weight is 371 g/mol. The van der Waals surface area contributed by atoms with Crippen molar-refractivity contribution >= 4 is 20.8 Å². The quantitative estimate of drug-likeness (QED) is 0.253. The van der Waals surface area contributed by atoms with Crippen molar-refractivity contribution < 1.29 is 60.9 Å². The second-order valence-corrected chi connectivity index (χ2v) is 2.45. The molecule has 11 heavy (non-hydrogen) atoms. The molecular weight excluding hydrogens is 371 g/mol. The second-order valence-electron chi connectivity index (χ2n) is 0.816. The van der Waals surface area contributed by atoms with Gasteiger partial charge >= 0.3 is 0 Å². The Hall–Kier alpha value is 0.610. The molecule has 0 aliphatic heterocycles. The third-order valence-electron chi connectivity index (χ3n) is 0. The second kappa shape index (κ2) is 6.16. The monoisotopic (exact) mass is 372 g/mol. The van der Waals surface area contributed by atoms with E-state index in [4.69, 9.17) is 35.0 Å². The third kappa shape index (κ3) is 2110. The first-order valence-corrected chi connectivity index (χ1v) is 4.00. The standard InChI is InChI=1S/Hf.2H2O4S/c;2*1-5(2,3)4/h;2*(H2,1,2,3,4)/p-4. The molecule has 0 unspecified atom stereocenters. The molecule has 0 bridgehead atoms. The zero-order valence-corrected chi connectivity index (χ0v) is 9.81. The number of rotatable bonds is 0. The van der Waals surface area contributed by atoms with Crippen LogP contribution in [-0.2, 0) is 46.6 Å². The van der Waals surface area contributed by atoms with E-state index in [0.29, 0.717) is 0 Å². The first-order chi connectivity index (χ1) is 4.00. The molecule has 0 rings (SSSR count). The van der Waals surface area contributed by atoms with E-state index in [1.54, 1.807) is 0 Å². The van der Waals surface area contributed by atoms with Crippen LogP contribution in [0.25, 0.3) is 0 Å². The summed E-state index contributed by atoms with van der Waals surface area (Å²) in [5, 5.41) is 0. The Morgan fingerprint density at radius 3 is 0.636 bits per heavy atom. The summed E-state index contributed by atoms with van der Waals surface area (Å²) in [6.45, 7) is 0. The number of hydrogen-bond acceptors (Lipinski definition) is 8. The van der Waals surface area contributed by atoms with Crippen LogP contribution >= 0.6 is 0 Å². The zero-order chi connectivity index (χ0) is 9.00. The Labute approximate surface area is 81.6 Å². The predicted octanol–water partition coefficient (Wildman–Crippen LogP) is -2.68. The van der Waals surface area contributed by atoms with Crippen LogP contribution in [0.5, 0.6) is 0 Å². The Balaban J connectivity index is -0.000000107. The molecule has 0 fully saturated rings. The summed E-state index contributed by atoms with van der Waals surface area (Å²) in [4.78, 5) is 0. The Kier molecular flexibility index (Phi) is 9.88. The van der Waals surface area contributed by atoms with Gasteiger partial charge in [-0.15, -0.1) is 0 Å². The summed E-state index contributed by atoms with van der Waals surface area (Å²) < 4.78 is 68.2. The third-order valence-corrected chi connectivity index (χ3v) is 0. The van der Waals surface area contributed by atoms with Gasteiger partial charge in [0.1, 0.15) is 0 Å².